The van der Waals surface area contributed by atoms with E-state index in [4.69, 9.17) is 10.9 Å². The van der Waals surface area contributed by atoms with Crippen LogP contribution in [-0.2, 0) is 11.2 Å². The first-order chi connectivity index (χ1) is 9.63. The Balaban J connectivity index is 1.74. The van der Waals surface area contributed by atoms with Crippen molar-refractivity contribution in [3.63, 3.8) is 0 Å². The molecule has 1 aromatic carbocycles. The fourth-order valence-electron chi connectivity index (χ4n) is 3.51. The molecule has 0 radical (unpaired) electrons. The van der Waals surface area contributed by atoms with Crippen LogP contribution in [0, 0.1) is 11.8 Å². The second-order valence-corrected chi connectivity index (χ2v) is 5.74. The molecule has 3 N–H and O–H groups in total. The van der Waals surface area contributed by atoms with E-state index in [1.807, 2.05) is 6.07 Å². The van der Waals surface area contributed by atoms with Crippen molar-refractivity contribution >= 4 is 11.7 Å². The van der Waals surface area contributed by atoms with Gasteiger partial charge in [-0.2, -0.15) is 0 Å². The summed E-state index contributed by atoms with van der Waals surface area (Å²) in [6.07, 6.45) is 2.14. The molecule has 2 aliphatic carbocycles. The van der Waals surface area contributed by atoms with Crippen molar-refractivity contribution < 1.29 is 10.0 Å². The van der Waals surface area contributed by atoms with Crippen molar-refractivity contribution in [3.8, 4) is 0 Å². The van der Waals surface area contributed by atoms with Gasteiger partial charge in [-0.05, 0) is 35.8 Å². The Morgan fingerprint density at radius 1 is 1.50 bits per heavy atom. The van der Waals surface area contributed by atoms with Crippen molar-refractivity contribution in [3.05, 3.63) is 35.4 Å². The van der Waals surface area contributed by atoms with Crippen LogP contribution in [0.1, 0.15) is 23.5 Å². The summed E-state index contributed by atoms with van der Waals surface area (Å²) in [6, 6.07) is 8.40. The van der Waals surface area contributed by atoms with E-state index in [1.165, 1.54) is 11.1 Å². The quantitative estimate of drug-likeness (QED) is 0.375. The van der Waals surface area contributed by atoms with E-state index in [-0.39, 0.29) is 24.2 Å². The number of hydrogen-bond donors (Lipinski definition) is 2. The lowest BCUT2D eigenvalue weighted by atomic mass is 9.92. The van der Waals surface area contributed by atoms with E-state index in [1.54, 1.807) is 11.9 Å². The van der Waals surface area contributed by atoms with Crippen LogP contribution in [0.4, 0.5) is 0 Å². The van der Waals surface area contributed by atoms with Crippen LogP contribution < -0.4 is 5.73 Å². The first-order valence-electron chi connectivity index (χ1n) is 6.92. The molecule has 0 heterocycles. The first-order valence-corrected chi connectivity index (χ1v) is 6.92. The average Bonchev–Trinajstić information content (AvgIpc) is 3.21. The standard InChI is InChI=1S/C15H19N3O2/c1-18(8-12(16)17-20)15(19)14-11-7-6-9-4-2-3-5-10(9)13(11)14/h2-5,11,13-14,20H,6-8H2,1H3,(H2,16,17). The van der Waals surface area contributed by atoms with Gasteiger partial charge in [-0.15, -0.1) is 0 Å². The maximum absolute atomic E-state index is 12.5. The smallest absolute Gasteiger partial charge is 0.226 e. The summed E-state index contributed by atoms with van der Waals surface area (Å²) in [4.78, 5) is 14.0. The van der Waals surface area contributed by atoms with Crippen molar-refractivity contribution in [2.75, 3.05) is 13.6 Å². The molecule has 106 valence electrons. The van der Waals surface area contributed by atoms with E-state index in [2.05, 4.69) is 23.4 Å². The molecule has 1 saturated carbocycles. The Kier molecular flexibility index (Phi) is 3.12. The number of aryl methyl sites for hydroxylation is 1. The molecule has 1 fully saturated rings. The number of fused-ring (bicyclic) bond motifs is 3. The molecule has 5 nitrogen and oxygen atoms in total. The molecule has 5 heteroatoms. The molecular weight excluding hydrogens is 254 g/mol. The summed E-state index contributed by atoms with van der Waals surface area (Å²) in [6.45, 7) is 0.174. The van der Waals surface area contributed by atoms with Gasteiger partial charge in [0, 0.05) is 13.0 Å². The van der Waals surface area contributed by atoms with Gasteiger partial charge < -0.3 is 15.8 Å². The first kappa shape index (κ1) is 13.0. The van der Waals surface area contributed by atoms with E-state index in [0.717, 1.165) is 12.8 Å². The number of oxime groups is 1. The van der Waals surface area contributed by atoms with Crippen LogP contribution in [0.5, 0.6) is 0 Å². The molecule has 0 spiro atoms. The highest BCUT2D eigenvalue weighted by Gasteiger charge is 2.57. The number of rotatable bonds is 3. The van der Waals surface area contributed by atoms with Crippen LogP contribution in [0.15, 0.2) is 29.4 Å². The molecule has 0 bridgehead atoms. The van der Waals surface area contributed by atoms with Gasteiger partial charge in [0.1, 0.15) is 0 Å². The summed E-state index contributed by atoms with van der Waals surface area (Å²) in [5, 5.41) is 11.5. The summed E-state index contributed by atoms with van der Waals surface area (Å²) in [7, 11) is 1.70. The Bertz CT molecular complexity index is 570. The van der Waals surface area contributed by atoms with E-state index in [0.29, 0.717) is 11.8 Å². The minimum absolute atomic E-state index is 0.0601. The second kappa shape index (κ2) is 4.81. The SMILES string of the molecule is CN(C/C(N)=N/O)C(=O)C1C2CCc3ccccc3C21. The molecule has 3 atom stereocenters. The lowest BCUT2D eigenvalue weighted by Crippen LogP contribution is -2.36. The average molecular weight is 273 g/mol. The molecule has 1 amide bonds. The van der Waals surface area contributed by atoms with Gasteiger partial charge in [-0.3, -0.25) is 4.79 Å². The maximum atomic E-state index is 12.5. The Morgan fingerprint density at radius 3 is 3.00 bits per heavy atom. The van der Waals surface area contributed by atoms with Crippen molar-refractivity contribution in [2.45, 2.75) is 18.8 Å². The molecule has 3 unspecified atom stereocenters. The number of likely N-dealkylation sites (N-methyl/N-ethyl adjacent to an activating group) is 1. The Hall–Kier alpha value is -2.04. The fourth-order valence-corrected chi connectivity index (χ4v) is 3.51. The van der Waals surface area contributed by atoms with Gasteiger partial charge in [-0.1, -0.05) is 29.4 Å². The minimum atomic E-state index is 0.0601. The molecule has 0 saturated heterocycles. The van der Waals surface area contributed by atoms with Gasteiger partial charge in [0.15, 0.2) is 5.84 Å². The highest BCUT2D eigenvalue weighted by atomic mass is 16.4. The topological polar surface area (TPSA) is 78.9 Å². The van der Waals surface area contributed by atoms with Gasteiger partial charge in [0.05, 0.1) is 6.54 Å². The number of amidine groups is 1. The fraction of sp³-hybridized carbons (Fsp3) is 0.467. The van der Waals surface area contributed by atoms with Crippen molar-refractivity contribution in [2.24, 2.45) is 22.7 Å². The molecule has 1 aromatic rings. The number of nitrogens with two attached hydrogens (primary N) is 1. The van der Waals surface area contributed by atoms with E-state index < -0.39 is 0 Å². The summed E-state index contributed by atoms with van der Waals surface area (Å²) < 4.78 is 0. The van der Waals surface area contributed by atoms with Gasteiger partial charge in [0.2, 0.25) is 5.91 Å². The van der Waals surface area contributed by atoms with E-state index in [9.17, 15) is 4.79 Å². The van der Waals surface area contributed by atoms with Gasteiger partial charge in [0.25, 0.3) is 0 Å². The molecule has 3 rings (SSSR count). The zero-order chi connectivity index (χ0) is 14.3. The van der Waals surface area contributed by atoms with Crippen LogP contribution >= 0.6 is 0 Å². The predicted molar refractivity (Wildman–Crippen MR) is 75.5 cm³/mol. The van der Waals surface area contributed by atoms with Gasteiger partial charge >= 0.3 is 0 Å². The van der Waals surface area contributed by atoms with Gasteiger partial charge in [-0.25, -0.2) is 0 Å². The Morgan fingerprint density at radius 2 is 2.25 bits per heavy atom. The molecule has 2 aliphatic rings. The number of hydrogen-bond acceptors (Lipinski definition) is 3. The van der Waals surface area contributed by atoms with Crippen LogP contribution in [0.2, 0.25) is 0 Å². The highest BCUT2D eigenvalue weighted by molar-refractivity contribution is 5.89. The summed E-state index contributed by atoms with van der Waals surface area (Å²) >= 11 is 0. The van der Waals surface area contributed by atoms with Crippen LogP contribution in [-0.4, -0.2) is 35.4 Å². The highest BCUT2D eigenvalue weighted by Crippen LogP contribution is 2.60. The summed E-state index contributed by atoms with van der Waals surface area (Å²) in [5.41, 5.74) is 8.17. The number of benzene rings is 1. The Labute approximate surface area is 118 Å². The molecular formula is C15H19N3O2. The number of amides is 1. The summed E-state index contributed by atoms with van der Waals surface area (Å²) in [5.74, 6) is 1.05. The lowest BCUT2D eigenvalue weighted by molar-refractivity contribution is -0.131. The maximum Gasteiger partial charge on any atom is 0.226 e. The third kappa shape index (κ3) is 2.03. The van der Waals surface area contributed by atoms with E-state index >= 15 is 0 Å². The molecule has 0 aromatic heterocycles. The number of carbonyl (C=O) groups excluding carboxylic acids is 1. The molecule has 0 aliphatic heterocycles. The third-order valence-corrected chi connectivity index (χ3v) is 4.52. The zero-order valence-electron chi connectivity index (χ0n) is 11.5. The number of carbonyl (C=O) groups is 1. The lowest BCUT2D eigenvalue weighted by Gasteiger charge is -2.16. The zero-order valence-corrected chi connectivity index (χ0v) is 11.5. The predicted octanol–water partition coefficient (Wildman–Crippen LogP) is 1.17. The number of nitrogens with zero attached hydrogens (tertiary/aromatic N) is 2. The monoisotopic (exact) mass is 273 g/mol. The molecule has 20 heavy (non-hydrogen) atoms. The minimum Gasteiger partial charge on any atom is -0.409 e. The largest absolute Gasteiger partial charge is 0.409 e. The van der Waals surface area contributed by atoms with Crippen LogP contribution in [0.3, 0.4) is 0 Å². The van der Waals surface area contributed by atoms with Crippen molar-refractivity contribution in [1.82, 2.24) is 4.90 Å². The van der Waals surface area contributed by atoms with Crippen LogP contribution in [0.25, 0.3) is 0 Å². The third-order valence-electron chi connectivity index (χ3n) is 4.52. The normalized spacial score (nSPS) is 27.4. The second-order valence-electron chi connectivity index (χ2n) is 5.74. The van der Waals surface area contributed by atoms with Crippen molar-refractivity contribution in [1.29, 1.82) is 0 Å².